The van der Waals surface area contributed by atoms with Gasteiger partial charge in [-0.05, 0) is 43.5 Å². The minimum atomic E-state index is -0.374. The number of hydrogen-bond donors (Lipinski definition) is 1. The number of benzene rings is 1. The third kappa shape index (κ3) is 3.51. The highest BCUT2D eigenvalue weighted by Gasteiger charge is 2.30. The molecule has 0 radical (unpaired) electrons. The number of hydrogen-bond acceptors (Lipinski definition) is 3. The van der Waals surface area contributed by atoms with E-state index < -0.39 is 0 Å². The highest BCUT2D eigenvalue weighted by molar-refractivity contribution is 5.17. The topological polar surface area (TPSA) is 36.4 Å². The summed E-state index contributed by atoms with van der Waals surface area (Å²) in [5, 5.41) is 10.4. The van der Waals surface area contributed by atoms with E-state index >= 15 is 0 Å². The Morgan fingerprint density at radius 2 is 2.00 bits per heavy atom. The highest BCUT2D eigenvalue weighted by atomic mass is 19.1. The van der Waals surface area contributed by atoms with Crippen molar-refractivity contribution in [3.63, 3.8) is 0 Å². The van der Waals surface area contributed by atoms with E-state index in [1.54, 1.807) is 12.3 Å². The third-order valence-corrected chi connectivity index (χ3v) is 4.33. The van der Waals surface area contributed by atoms with Crippen molar-refractivity contribution in [3.8, 4) is 0 Å². The van der Waals surface area contributed by atoms with Crippen LogP contribution < -0.4 is 0 Å². The van der Waals surface area contributed by atoms with Gasteiger partial charge in [-0.1, -0.05) is 30.3 Å². The molecule has 3 rings (SSSR count). The smallest absolute Gasteiger partial charge is 0.146 e. The lowest BCUT2D eigenvalue weighted by atomic mass is 9.93. The van der Waals surface area contributed by atoms with Crippen LogP contribution in [-0.2, 0) is 13.0 Å². The number of pyridine rings is 1. The van der Waals surface area contributed by atoms with Crippen molar-refractivity contribution >= 4 is 0 Å². The van der Waals surface area contributed by atoms with Crippen LogP contribution in [0.15, 0.2) is 48.7 Å². The van der Waals surface area contributed by atoms with E-state index in [9.17, 15) is 9.50 Å². The molecule has 0 amide bonds. The minimum Gasteiger partial charge on any atom is -0.391 e. The summed E-state index contributed by atoms with van der Waals surface area (Å²) in [7, 11) is 0. The second kappa shape index (κ2) is 6.99. The molecule has 0 unspecified atom stereocenters. The Kier molecular flexibility index (Phi) is 4.80. The Morgan fingerprint density at radius 3 is 2.77 bits per heavy atom. The van der Waals surface area contributed by atoms with Gasteiger partial charge in [-0.25, -0.2) is 4.39 Å². The molecule has 2 aromatic rings. The van der Waals surface area contributed by atoms with Crippen LogP contribution in [0.1, 0.15) is 24.1 Å². The van der Waals surface area contributed by atoms with Gasteiger partial charge < -0.3 is 5.11 Å². The molecule has 1 N–H and O–H groups in total. The molecule has 1 aromatic heterocycles. The quantitative estimate of drug-likeness (QED) is 0.943. The summed E-state index contributed by atoms with van der Waals surface area (Å²) in [6.07, 6.45) is 3.75. The summed E-state index contributed by atoms with van der Waals surface area (Å²) in [4.78, 5) is 6.30. The van der Waals surface area contributed by atoms with Crippen molar-refractivity contribution in [2.75, 3.05) is 6.54 Å². The average Bonchev–Trinajstić information content (AvgIpc) is 2.54. The summed E-state index contributed by atoms with van der Waals surface area (Å²) in [6, 6.07) is 13.2. The first-order chi connectivity index (χ1) is 10.7. The average molecular weight is 300 g/mol. The minimum absolute atomic E-state index is 0.0116. The molecule has 4 heteroatoms. The molecule has 22 heavy (non-hydrogen) atoms. The maximum atomic E-state index is 13.8. The van der Waals surface area contributed by atoms with E-state index in [-0.39, 0.29) is 18.0 Å². The van der Waals surface area contributed by atoms with Gasteiger partial charge in [0.1, 0.15) is 5.82 Å². The first kappa shape index (κ1) is 15.1. The van der Waals surface area contributed by atoms with Gasteiger partial charge in [0.2, 0.25) is 0 Å². The summed E-state index contributed by atoms with van der Waals surface area (Å²) in [5.74, 6) is -0.277. The molecular formula is C18H21FN2O. The normalized spacial score (nSPS) is 22.6. The maximum absolute atomic E-state index is 13.8. The molecule has 0 bridgehead atoms. The molecule has 1 fully saturated rings. The van der Waals surface area contributed by atoms with Gasteiger partial charge in [0.25, 0.3) is 0 Å². The van der Waals surface area contributed by atoms with Crippen molar-refractivity contribution in [2.45, 2.75) is 38.0 Å². The number of piperidine rings is 1. The second-order valence-corrected chi connectivity index (χ2v) is 5.87. The van der Waals surface area contributed by atoms with Crippen LogP contribution in [0.25, 0.3) is 0 Å². The van der Waals surface area contributed by atoms with Crippen molar-refractivity contribution in [1.29, 1.82) is 0 Å². The van der Waals surface area contributed by atoms with Gasteiger partial charge >= 0.3 is 0 Å². The lowest BCUT2D eigenvalue weighted by Crippen LogP contribution is -2.49. The Labute approximate surface area is 130 Å². The standard InChI is InChI=1S/C18H21FN2O/c19-15-8-4-10-20-16(15)13-21-11-5-9-18(22)17(21)12-14-6-2-1-3-7-14/h1-4,6-8,10,17-18,22H,5,9,11-13H2/t17-,18-/m0/s1. The third-order valence-electron chi connectivity index (χ3n) is 4.33. The number of nitrogens with zero attached hydrogens (tertiary/aromatic N) is 2. The summed E-state index contributed by atoms with van der Waals surface area (Å²) >= 11 is 0. The lowest BCUT2D eigenvalue weighted by Gasteiger charge is -2.39. The predicted octanol–water partition coefficient (Wildman–Crippen LogP) is 2.79. The molecule has 0 aliphatic carbocycles. The monoisotopic (exact) mass is 300 g/mol. The zero-order chi connectivity index (χ0) is 15.4. The van der Waals surface area contributed by atoms with Crippen LogP contribution in [0, 0.1) is 5.82 Å². The Hall–Kier alpha value is -1.78. The van der Waals surface area contributed by atoms with Crippen molar-refractivity contribution < 1.29 is 9.50 Å². The zero-order valence-electron chi connectivity index (χ0n) is 12.5. The van der Waals surface area contributed by atoms with Crippen LogP contribution in [0.2, 0.25) is 0 Å². The van der Waals surface area contributed by atoms with Crippen LogP contribution >= 0.6 is 0 Å². The van der Waals surface area contributed by atoms with E-state index in [0.29, 0.717) is 12.2 Å². The molecular weight excluding hydrogens is 279 g/mol. The van der Waals surface area contributed by atoms with Crippen LogP contribution in [0.4, 0.5) is 4.39 Å². The molecule has 1 aliphatic heterocycles. The molecule has 1 aromatic carbocycles. The zero-order valence-corrected chi connectivity index (χ0v) is 12.5. The number of rotatable bonds is 4. The van der Waals surface area contributed by atoms with Crippen molar-refractivity contribution in [2.24, 2.45) is 0 Å². The number of aliphatic hydroxyl groups excluding tert-OH is 1. The van der Waals surface area contributed by atoms with Gasteiger partial charge in [0.15, 0.2) is 0 Å². The fraction of sp³-hybridized carbons (Fsp3) is 0.389. The molecule has 3 nitrogen and oxygen atoms in total. The summed E-state index contributed by atoms with van der Waals surface area (Å²) < 4.78 is 13.8. The maximum Gasteiger partial charge on any atom is 0.146 e. The molecule has 2 heterocycles. The Balaban J connectivity index is 1.77. The number of halogens is 1. The molecule has 1 saturated heterocycles. The molecule has 1 aliphatic rings. The van der Waals surface area contributed by atoms with E-state index in [1.807, 2.05) is 18.2 Å². The Morgan fingerprint density at radius 1 is 1.18 bits per heavy atom. The molecule has 2 atom stereocenters. The highest BCUT2D eigenvalue weighted by Crippen LogP contribution is 2.23. The van der Waals surface area contributed by atoms with E-state index in [0.717, 1.165) is 25.8 Å². The van der Waals surface area contributed by atoms with E-state index in [4.69, 9.17) is 0 Å². The first-order valence-electron chi connectivity index (χ1n) is 7.79. The largest absolute Gasteiger partial charge is 0.391 e. The number of aromatic nitrogens is 1. The SMILES string of the molecule is O[C@H]1CCCN(Cc2ncccc2F)[C@H]1Cc1ccccc1. The van der Waals surface area contributed by atoms with Crippen molar-refractivity contribution in [1.82, 2.24) is 9.88 Å². The molecule has 0 saturated carbocycles. The van der Waals surface area contributed by atoms with Crippen LogP contribution in [-0.4, -0.2) is 33.7 Å². The Bertz CT molecular complexity index is 605. The lowest BCUT2D eigenvalue weighted by molar-refractivity contribution is 0.00561. The number of likely N-dealkylation sites (tertiary alicyclic amines) is 1. The summed E-state index contributed by atoms with van der Waals surface area (Å²) in [5.41, 5.74) is 1.65. The first-order valence-corrected chi connectivity index (χ1v) is 7.79. The molecule has 116 valence electrons. The molecule has 0 spiro atoms. The van der Waals surface area contributed by atoms with Gasteiger partial charge in [-0.2, -0.15) is 0 Å². The van der Waals surface area contributed by atoms with Gasteiger partial charge in [-0.15, -0.1) is 0 Å². The van der Waals surface area contributed by atoms with E-state index in [2.05, 4.69) is 22.0 Å². The summed E-state index contributed by atoms with van der Waals surface area (Å²) in [6.45, 7) is 1.31. The van der Waals surface area contributed by atoms with Crippen LogP contribution in [0.5, 0.6) is 0 Å². The second-order valence-electron chi connectivity index (χ2n) is 5.87. The van der Waals surface area contributed by atoms with Gasteiger partial charge in [0.05, 0.1) is 11.8 Å². The van der Waals surface area contributed by atoms with Crippen molar-refractivity contribution in [3.05, 3.63) is 65.7 Å². The van der Waals surface area contributed by atoms with Gasteiger partial charge in [0, 0.05) is 18.8 Å². The van der Waals surface area contributed by atoms with E-state index in [1.165, 1.54) is 11.6 Å². The number of aliphatic hydroxyl groups is 1. The fourth-order valence-electron chi connectivity index (χ4n) is 3.15. The fourth-order valence-corrected chi connectivity index (χ4v) is 3.15. The van der Waals surface area contributed by atoms with Gasteiger partial charge in [-0.3, -0.25) is 9.88 Å². The van der Waals surface area contributed by atoms with Crippen LogP contribution in [0.3, 0.4) is 0 Å². The predicted molar refractivity (Wildman–Crippen MR) is 83.8 cm³/mol.